The molecule has 0 atom stereocenters. The number of phenols is 1. The molecular formula is C23H27N5O6S. The van der Waals surface area contributed by atoms with Crippen molar-refractivity contribution in [2.24, 2.45) is 5.10 Å². The quantitative estimate of drug-likeness (QED) is 0.231. The standard InChI is InChI=1S/C23H27N5O6S/c1-6-28-22(15-7-8-16(31-2)17(11-15)32-3)26-27-23(28)35-13-20(29)25-24-12-14-9-18(33-4)21(30)19(10-14)34-5/h7-12,30H,6,13H2,1-5H3,(H,25,29)/b24-12-. The number of amides is 1. The van der Waals surface area contributed by atoms with Crippen molar-refractivity contribution in [3.63, 3.8) is 0 Å². The summed E-state index contributed by atoms with van der Waals surface area (Å²) in [6.45, 7) is 2.59. The summed E-state index contributed by atoms with van der Waals surface area (Å²) < 4.78 is 22.8. The third-order valence-electron chi connectivity index (χ3n) is 4.91. The summed E-state index contributed by atoms with van der Waals surface area (Å²) in [6, 6.07) is 8.66. The Labute approximate surface area is 207 Å². The molecule has 2 N–H and O–H groups in total. The minimum Gasteiger partial charge on any atom is -0.502 e. The lowest BCUT2D eigenvalue weighted by Gasteiger charge is -2.10. The van der Waals surface area contributed by atoms with Gasteiger partial charge < -0.3 is 28.6 Å². The van der Waals surface area contributed by atoms with Crippen LogP contribution in [0.2, 0.25) is 0 Å². The number of benzene rings is 2. The van der Waals surface area contributed by atoms with E-state index in [1.807, 2.05) is 23.6 Å². The van der Waals surface area contributed by atoms with Gasteiger partial charge in [0.05, 0.1) is 40.4 Å². The third kappa shape index (κ3) is 5.96. The molecule has 0 spiro atoms. The topological polar surface area (TPSA) is 129 Å². The zero-order valence-electron chi connectivity index (χ0n) is 20.1. The molecule has 0 saturated carbocycles. The molecule has 3 aromatic rings. The molecule has 0 radical (unpaired) electrons. The average molecular weight is 502 g/mol. The fraction of sp³-hybridized carbons (Fsp3) is 0.304. The summed E-state index contributed by atoms with van der Waals surface area (Å²) in [6.07, 6.45) is 1.43. The van der Waals surface area contributed by atoms with Crippen LogP contribution in [0.4, 0.5) is 0 Å². The van der Waals surface area contributed by atoms with E-state index in [1.165, 1.54) is 32.2 Å². The second-order valence-electron chi connectivity index (χ2n) is 6.98. The second-order valence-corrected chi connectivity index (χ2v) is 7.92. The van der Waals surface area contributed by atoms with Gasteiger partial charge in [0.2, 0.25) is 5.75 Å². The normalized spacial score (nSPS) is 10.9. The maximum absolute atomic E-state index is 12.3. The van der Waals surface area contributed by atoms with E-state index in [9.17, 15) is 9.90 Å². The van der Waals surface area contributed by atoms with Crippen LogP contribution < -0.4 is 24.4 Å². The third-order valence-corrected chi connectivity index (χ3v) is 5.88. The highest BCUT2D eigenvalue weighted by Gasteiger charge is 2.16. The highest BCUT2D eigenvalue weighted by Crippen LogP contribution is 2.36. The maximum Gasteiger partial charge on any atom is 0.250 e. The summed E-state index contributed by atoms with van der Waals surface area (Å²) in [5.74, 6) is 1.99. The number of nitrogens with zero attached hydrogens (tertiary/aromatic N) is 4. The molecule has 0 fully saturated rings. The molecule has 0 bridgehead atoms. The fourth-order valence-corrected chi connectivity index (χ4v) is 3.99. The molecule has 0 aliphatic carbocycles. The van der Waals surface area contributed by atoms with E-state index < -0.39 is 0 Å². The Balaban J connectivity index is 1.65. The van der Waals surface area contributed by atoms with Crippen LogP contribution in [0.3, 0.4) is 0 Å². The minimum atomic E-state index is -0.317. The molecule has 12 heteroatoms. The predicted octanol–water partition coefficient (Wildman–Crippen LogP) is 2.95. The van der Waals surface area contributed by atoms with Crippen LogP contribution in [0.1, 0.15) is 12.5 Å². The Morgan fingerprint density at radius 2 is 1.69 bits per heavy atom. The van der Waals surface area contributed by atoms with Crippen LogP contribution >= 0.6 is 11.8 Å². The molecule has 11 nitrogen and oxygen atoms in total. The molecule has 35 heavy (non-hydrogen) atoms. The lowest BCUT2D eigenvalue weighted by molar-refractivity contribution is -0.118. The number of rotatable bonds is 11. The van der Waals surface area contributed by atoms with Gasteiger partial charge in [-0.15, -0.1) is 10.2 Å². The zero-order chi connectivity index (χ0) is 25.4. The van der Waals surface area contributed by atoms with Crippen LogP contribution in [0.5, 0.6) is 28.7 Å². The first-order valence-corrected chi connectivity index (χ1v) is 11.5. The van der Waals surface area contributed by atoms with E-state index >= 15 is 0 Å². The van der Waals surface area contributed by atoms with Crippen molar-refractivity contribution in [1.29, 1.82) is 0 Å². The molecule has 0 saturated heterocycles. The van der Waals surface area contributed by atoms with Gasteiger partial charge in [-0.05, 0) is 37.3 Å². The highest BCUT2D eigenvalue weighted by atomic mass is 32.2. The second kappa shape index (κ2) is 12.0. The number of carbonyl (C=O) groups excluding carboxylic acids is 1. The summed E-state index contributed by atoms with van der Waals surface area (Å²) in [7, 11) is 6.01. The maximum atomic E-state index is 12.3. The van der Waals surface area contributed by atoms with Crippen LogP contribution in [0.15, 0.2) is 40.6 Å². The van der Waals surface area contributed by atoms with E-state index in [1.54, 1.807) is 32.4 Å². The van der Waals surface area contributed by atoms with Gasteiger partial charge in [-0.1, -0.05) is 11.8 Å². The smallest absolute Gasteiger partial charge is 0.250 e. The summed E-state index contributed by atoms with van der Waals surface area (Å²) in [5, 5.41) is 23.1. The molecule has 3 rings (SSSR count). The molecule has 1 aromatic heterocycles. The first kappa shape index (κ1) is 25.7. The average Bonchev–Trinajstić information content (AvgIpc) is 3.30. The summed E-state index contributed by atoms with van der Waals surface area (Å²) >= 11 is 1.25. The largest absolute Gasteiger partial charge is 0.502 e. The number of aromatic hydroxyl groups is 1. The Bertz CT molecular complexity index is 1190. The van der Waals surface area contributed by atoms with Gasteiger partial charge in [-0.2, -0.15) is 5.10 Å². The number of phenolic OH excluding ortho intramolecular Hbond substituents is 1. The number of hydrazone groups is 1. The van der Waals surface area contributed by atoms with Gasteiger partial charge in [0, 0.05) is 17.7 Å². The molecule has 186 valence electrons. The number of hydrogen-bond acceptors (Lipinski definition) is 10. The van der Waals surface area contributed by atoms with Crippen molar-refractivity contribution in [1.82, 2.24) is 20.2 Å². The molecule has 0 aliphatic rings. The Morgan fingerprint density at radius 1 is 1.03 bits per heavy atom. The van der Waals surface area contributed by atoms with E-state index in [2.05, 4.69) is 20.7 Å². The van der Waals surface area contributed by atoms with Gasteiger partial charge in [0.1, 0.15) is 0 Å². The number of carbonyl (C=O) groups is 1. The van der Waals surface area contributed by atoms with Crippen molar-refractivity contribution in [2.45, 2.75) is 18.6 Å². The molecule has 1 amide bonds. The predicted molar refractivity (Wildman–Crippen MR) is 132 cm³/mol. The SMILES string of the molecule is CCn1c(SCC(=O)N/N=C\c2cc(OC)c(O)c(OC)c2)nnc1-c1ccc(OC)c(OC)c1. The lowest BCUT2D eigenvalue weighted by atomic mass is 10.2. The molecule has 0 unspecified atom stereocenters. The molecule has 2 aromatic carbocycles. The first-order chi connectivity index (χ1) is 16.9. The fourth-order valence-electron chi connectivity index (χ4n) is 3.20. The number of methoxy groups -OCH3 is 4. The van der Waals surface area contributed by atoms with Crippen LogP contribution in [0.25, 0.3) is 11.4 Å². The van der Waals surface area contributed by atoms with Gasteiger partial charge in [0.25, 0.3) is 5.91 Å². The van der Waals surface area contributed by atoms with Crippen LogP contribution in [-0.4, -0.2) is 66.2 Å². The highest BCUT2D eigenvalue weighted by molar-refractivity contribution is 7.99. The number of ether oxygens (including phenoxy) is 4. The van der Waals surface area contributed by atoms with Gasteiger partial charge in [-0.25, -0.2) is 5.43 Å². The van der Waals surface area contributed by atoms with E-state index in [-0.39, 0.29) is 28.9 Å². The minimum absolute atomic E-state index is 0.0869. The van der Waals surface area contributed by atoms with Crippen molar-refractivity contribution in [2.75, 3.05) is 34.2 Å². The Hall–Kier alpha value is -3.93. The lowest BCUT2D eigenvalue weighted by Crippen LogP contribution is -2.20. The van der Waals surface area contributed by atoms with Gasteiger partial charge in [0.15, 0.2) is 34.0 Å². The van der Waals surface area contributed by atoms with E-state index in [0.29, 0.717) is 34.6 Å². The van der Waals surface area contributed by atoms with Crippen molar-refractivity contribution in [3.05, 3.63) is 35.9 Å². The molecule has 1 heterocycles. The number of hydrogen-bond donors (Lipinski definition) is 2. The monoisotopic (exact) mass is 501 g/mol. The first-order valence-electron chi connectivity index (χ1n) is 10.5. The van der Waals surface area contributed by atoms with Crippen LogP contribution in [0, 0.1) is 0 Å². The van der Waals surface area contributed by atoms with Crippen LogP contribution in [-0.2, 0) is 11.3 Å². The Kier molecular flexibility index (Phi) is 8.79. The molecule has 0 aliphatic heterocycles. The van der Waals surface area contributed by atoms with Crippen molar-refractivity contribution < 1.29 is 28.8 Å². The Morgan fingerprint density at radius 3 is 2.29 bits per heavy atom. The zero-order valence-corrected chi connectivity index (χ0v) is 20.9. The number of nitrogens with one attached hydrogen (secondary N) is 1. The number of thioether (sulfide) groups is 1. The summed E-state index contributed by atoms with van der Waals surface area (Å²) in [4.78, 5) is 12.3. The van der Waals surface area contributed by atoms with Crippen molar-refractivity contribution in [3.8, 4) is 40.1 Å². The summed E-state index contributed by atoms with van der Waals surface area (Å²) in [5.41, 5.74) is 3.87. The van der Waals surface area contributed by atoms with Gasteiger partial charge >= 0.3 is 0 Å². The van der Waals surface area contributed by atoms with E-state index in [4.69, 9.17) is 18.9 Å². The number of aromatic nitrogens is 3. The van der Waals surface area contributed by atoms with Gasteiger partial charge in [-0.3, -0.25) is 4.79 Å². The molecular weight excluding hydrogens is 474 g/mol. The van der Waals surface area contributed by atoms with Crippen molar-refractivity contribution >= 4 is 23.9 Å². The van der Waals surface area contributed by atoms with E-state index in [0.717, 1.165) is 5.56 Å².